The third-order valence-corrected chi connectivity index (χ3v) is 4.38. The van der Waals surface area contributed by atoms with Crippen molar-refractivity contribution in [1.29, 1.82) is 0 Å². The van der Waals surface area contributed by atoms with E-state index in [1.54, 1.807) is 36.4 Å². The molecule has 1 aliphatic rings. The van der Waals surface area contributed by atoms with Crippen LogP contribution in [0.2, 0.25) is 0 Å². The molecule has 138 valence electrons. The predicted molar refractivity (Wildman–Crippen MR) is 97.2 cm³/mol. The number of hydrogen-bond donors (Lipinski definition) is 3. The Bertz CT molecular complexity index is 745. The summed E-state index contributed by atoms with van der Waals surface area (Å²) < 4.78 is 10.6. The molecule has 2 unspecified atom stereocenters. The lowest BCUT2D eigenvalue weighted by molar-refractivity contribution is -0.124. The highest BCUT2D eigenvalue weighted by atomic mass is 16.5. The zero-order valence-electron chi connectivity index (χ0n) is 14.7. The maximum Gasteiger partial charge on any atom is 0.291 e. The van der Waals surface area contributed by atoms with Crippen molar-refractivity contribution in [3.63, 3.8) is 0 Å². The van der Waals surface area contributed by atoms with Crippen LogP contribution in [0.1, 0.15) is 23.9 Å². The molecule has 0 radical (unpaired) electrons. The number of carbonyl (C=O) groups is 2. The first-order chi connectivity index (χ1) is 12.6. The minimum absolute atomic E-state index is 0.0706. The molecule has 1 fully saturated rings. The lowest BCUT2D eigenvalue weighted by atomic mass is 9.95. The van der Waals surface area contributed by atoms with Gasteiger partial charge in [-0.3, -0.25) is 9.59 Å². The maximum atomic E-state index is 12.1. The average molecular weight is 357 g/mol. The molecule has 0 saturated carbocycles. The zero-order chi connectivity index (χ0) is 18.4. The van der Waals surface area contributed by atoms with Crippen molar-refractivity contribution < 1.29 is 18.7 Å². The van der Waals surface area contributed by atoms with Gasteiger partial charge in [0, 0.05) is 24.3 Å². The molecule has 0 bridgehead atoms. The van der Waals surface area contributed by atoms with Gasteiger partial charge in [0.05, 0.1) is 6.26 Å². The fourth-order valence-electron chi connectivity index (χ4n) is 2.84. The summed E-state index contributed by atoms with van der Waals surface area (Å²) in [5, 5.41) is 9.00. The normalized spacial score (nSPS) is 19.6. The maximum absolute atomic E-state index is 12.1. The molecule has 2 atom stereocenters. The van der Waals surface area contributed by atoms with Crippen LogP contribution in [0.25, 0.3) is 0 Å². The summed E-state index contributed by atoms with van der Waals surface area (Å²) >= 11 is 0. The van der Waals surface area contributed by atoms with Gasteiger partial charge in [-0.1, -0.05) is 13.0 Å². The highest BCUT2D eigenvalue weighted by molar-refractivity contribution is 6.02. The van der Waals surface area contributed by atoms with E-state index in [2.05, 4.69) is 22.9 Å². The number of carbonyl (C=O) groups excluding carboxylic acids is 2. The molecule has 0 spiro atoms. The predicted octanol–water partition coefficient (Wildman–Crippen LogP) is 2.02. The van der Waals surface area contributed by atoms with Gasteiger partial charge < -0.3 is 25.1 Å². The van der Waals surface area contributed by atoms with Crippen molar-refractivity contribution in [2.45, 2.75) is 19.4 Å². The summed E-state index contributed by atoms with van der Waals surface area (Å²) in [4.78, 5) is 24.1. The summed E-state index contributed by atoms with van der Waals surface area (Å²) in [6.45, 7) is 3.83. The van der Waals surface area contributed by atoms with E-state index in [9.17, 15) is 9.59 Å². The molecule has 3 N–H and O–H groups in total. The van der Waals surface area contributed by atoms with Crippen LogP contribution in [-0.4, -0.2) is 37.6 Å². The second kappa shape index (κ2) is 8.53. The molecule has 0 aliphatic carbocycles. The first kappa shape index (κ1) is 18.0. The Balaban J connectivity index is 1.50. The third kappa shape index (κ3) is 4.86. The van der Waals surface area contributed by atoms with Crippen molar-refractivity contribution in [2.75, 3.05) is 25.0 Å². The van der Waals surface area contributed by atoms with Crippen LogP contribution in [0, 0.1) is 5.92 Å². The van der Waals surface area contributed by atoms with E-state index in [0.29, 0.717) is 17.4 Å². The van der Waals surface area contributed by atoms with E-state index in [1.807, 2.05) is 0 Å². The minimum atomic E-state index is -0.344. The van der Waals surface area contributed by atoms with Crippen LogP contribution in [0.4, 0.5) is 5.69 Å². The molecule has 7 heteroatoms. The summed E-state index contributed by atoms with van der Waals surface area (Å²) in [7, 11) is 0. The SMILES string of the molecule is CC1CCNCC1NC(=O)COc1cccc(NC(=O)c2ccco2)c1. The standard InChI is InChI=1S/C19H23N3O4/c1-13-7-8-20-11-16(13)22-18(23)12-26-15-5-2-4-14(10-15)21-19(24)17-6-3-9-25-17/h2-6,9-10,13,16,20H,7-8,11-12H2,1H3,(H,21,24)(H,22,23). The van der Waals surface area contributed by atoms with Crippen molar-refractivity contribution in [2.24, 2.45) is 5.92 Å². The number of furan rings is 1. The average Bonchev–Trinajstić information content (AvgIpc) is 3.17. The van der Waals surface area contributed by atoms with Crippen LogP contribution in [-0.2, 0) is 4.79 Å². The summed E-state index contributed by atoms with van der Waals surface area (Å²) in [6, 6.07) is 10.2. The number of piperidine rings is 1. The van der Waals surface area contributed by atoms with Crippen molar-refractivity contribution in [1.82, 2.24) is 10.6 Å². The summed E-state index contributed by atoms with van der Waals surface area (Å²) in [5.74, 6) is 0.678. The molecule has 1 aromatic carbocycles. The first-order valence-electron chi connectivity index (χ1n) is 8.69. The number of rotatable bonds is 6. The lowest BCUT2D eigenvalue weighted by Gasteiger charge is -2.30. The molecule has 1 saturated heterocycles. The van der Waals surface area contributed by atoms with E-state index in [-0.39, 0.29) is 30.2 Å². The first-order valence-corrected chi connectivity index (χ1v) is 8.69. The minimum Gasteiger partial charge on any atom is -0.484 e. The molecular formula is C19H23N3O4. The van der Waals surface area contributed by atoms with Gasteiger partial charge in [0.2, 0.25) is 0 Å². The smallest absolute Gasteiger partial charge is 0.291 e. The van der Waals surface area contributed by atoms with E-state index in [0.717, 1.165) is 19.5 Å². The molecule has 1 aromatic heterocycles. The fourth-order valence-corrected chi connectivity index (χ4v) is 2.84. The van der Waals surface area contributed by atoms with Crippen LogP contribution < -0.4 is 20.7 Å². The van der Waals surface area contributed by atoms with Crippen molar-refractivity contribution >= 4 is 17.5 Å². The molecule has 2 aromatic rings. The van der Waals surface area contributed by atoms with Crippen LogP contribution in [0.5, 0.6) is 5.75 Å². The zero-order valence-corrected chi connectivity index (χ0v) is 14.7. The highest BCUT2D eigenvalue weighted by Gasteiger charge is 2.22. The third-order valence-electron chi connectivity index (χ3n) is 4.38. The van der Waals surface area contributed by atoms with Gasteiger partial charge in [0.1, 0.15) is 5.75 Å². The van der Waals surface area contributed by atoms with Crippen LogP contribution in [0.15, 0.2) is 47.1 Å². The Morgan fingerprint density at radius 1 is 1.31 bits per heavy atom. The number of ether oxygens (including phenoxy) is 1. The largest absolute Gasteiger partial charge is 0.484 e. The Hall–Kier alpha value is -2.80. The van der Waals surface area contributed by atoms with Gasteiger partial charge >= 0.3 is 0 Å². The highest BCUT2D eigenvalue weighted by Crippen LogP contribution is 2.18. The Kier molecular flexibility index (Phi) is 5.91. The molecule has 26 heavy (non-hydrogen) atoms. The number of amides is 2. The van der Waals surface area contributed by atoms with Gasteiger partial charge in [0.25, 0.3) is 11.8 Å². The molecule has 1 aliphatic heterocycles. The van der Waals surface area contributed by atoms with Crippen molar-refractivity contribution in [3.05, 3.63) is 48.4 Å². The number of benzene rings is 1. The number of nitrogens with one attached hydrogen (secondary N) is 3. The second-order valence-electron chi connectivity index (χ2n) is 6.39. The Morgan fingerprint density at radius 3 is 2.96 bits per heavy atom. The van der Waals surface area contributed by atoms with Gasteiger partial charge in [-0.15, -0.1) is 0 Å². The Morgan fingerprint density at radius 2 is 2.19 bits per heavy atom. The molecule has 2 amide bonds. The number of hydrogen-bond acceptors (Lipinski definition) is 5. The van der Waals surface area contributed by atoms with Crippen LogP contribution >= 0.6 is 0 Å². The molecule has 3 rings (SSSR count). The Labute approximate surface area is 152 Å². The number of anilines is 1. The van der Waals surface area contributed by atoms with Crippen LogP contribution in [0.3, 0.4) is 0 Å². The molecular weight excluding hydrogens is 334 g/mol. The molecule has 7 nitrogen and oxygen atoms in total. The topological polar surface area (TPSA) is 92.6 Å². The van der Waals surface area contributed by atoms with Gasteiger partial charge in [-0.05, 0) is 43.1 Å². The lowest BCUT2D eigenvalue weighted by Crippen LogP contribution is -2.51. The quantitative estimate of drug-likeness (QED) is 0.736. The van der Waals surface area contributed by atoms with Crippen molar-refractivity contribution in [3.8, 4) is 5.75 Å². The monoisotopic (exact) mass is 357 g/mol. The van der Waals surface area contributed by atoms with E-state index in [4.69, 9.17) is 9.15 Å². The van der Waals surface area contributed by atoms with Gasteiger partial charge in [-0.25, -0.2) is 0 Å². The summed E-state index contributed by atoms with van der Waals surface area (Å²) in [5.41, 5.74) is 0.564. The van der Waals surface area contributed by atoms with Gasteiger partial charge in [0.15, 0.2) is 12.4 Å². The fraction of sp³-hybridized carbons (Fsp3) is 0.368. The van der Waals surface area contributed by atoms with Gasteiger partial charge in [-0.2, -0.15) is 0 Å². The second-order valence-corrected chi connectivity index (χ2v) is 6.39. The van der Waals surface area contributed by atoms with E-state index < -0.39 is 0 Å². The van der Waals surface area contributed by atoms with E-state index >= 15 is 0 Å². The molecule has 2 heterocycles. The van der Waals surface area contributed by atoms with E-state index in [1.165, 1.54) is 6.26 Å². The summed E-state index contributed by atoms with van der Waals surface area (Å²) in [6.07, 6.45) is 2.49.